The van der Waals surface area contributed by atoms with Crippen molar-refractivity contribution < 1.29 is 29.4 Å². The topological polar surface area (TPSA) is 141 Å². The molecule has 2 aromatic rings. The molecule has 2 aromatic carbocycles. The summed E-state index contributed by atoms with van der Waals surface area (Å²) in [5.41, 5.74) is 8.27. The Bertz CT molecular complexity index is 828. The number of rotatable bonds is 6. The number of nitrogens with two attached hydrogens (primary N) is 1. The van der Waals surface area contributed by atoms with Gasteiger partial charge in [-0.15, -0.1) is 0 Å². The van der Waals surface area contributed by atoms with Gasteiger partial charge in [0, 0.05) is 12.0 Å². The highest BCUT2D eigenvalue weighted by molar-refractivity contribution is 7.50. The molecule has 0 bridgehead atoms. The molecular formula is C17H20NO6P. The molecule has 0 aliphatic rings. The van der Waals surface area contributed by atoms with Gasteiger partial charge in [0.05, 0.1) is 6.16 Å². The van der Waals surface area contributed by atoms with Crippen molar-refractivity contribution in [2.24, 2.45) is 5.73 Å². The summed E-state index contributed by atoms with van der Waals surface area (Å²) in [6.45, 7) is 1.93. The van der Waals surface area contributed by atoms with Gasteiger partial charge < -0.3 is 25.7 Å². The van der Waals surface area contributed by atoms with Crippen LogP contribution in [0.1, 0.15) is 16.7 Å². The number of aryl methyl sites for hydroxylation is 1. The standard InChI is InChI=1S/C17H20NO6P/c1-10-2-4-11(5-3-10)12-6-13(8-15(18)17(20)21)16(19)14(7-12)9-25(22,23)24/h2-7,15,19H,8-9,18H2,1H3,(H,20,21)(H2,22,23,24)/t15-/m0/s1. The number of hydrogen-bond acceptors (Lipinski definition) is 4. The second-order valence-electron chi connectivity index (χ2n) is 5.98. The lowest BCUT2D eigenvalue weighted by Gasteiger charge is -2.15. The minimum atomic E-state index is -4.41. The van der Waals surface area contributed by atoms with Gasteiger partial charge in [0.1, 0.15) is 11.8 Å². The van der Waals surface area contributed by atoms with E-state index < -0.39 is 25.8 Å². The minimum absolute atomic E-state index is 0.0546. The van der Waals surface area contributed by atoms with Crippen LogP contribution in [0.2, 0.25) is 0 Å². The molecule has 2 rings (SSSR count). The molecule has 0 aliphatic carbocycles. The van der Waals surface area contributed by atoms with Crippen LogP contribution in [0.3, 0.4) is 0 Å². The lowest BCUT2D eigenvalue weighted by atomic mass is 9.95. The first-order valence-electron chi connectivity index (χ1n) is 7.51. The lowest BCUT2D eigenvalue weighted by molar-refractivity contribution is -0.138. The number of phenolic OH excluding ortho intramolecular Hbond substituents is 1. The monoisotopic (exact) mass is 365 g/mol. The highest BCUT2D eigenvalue weighted by atomic mass is 31.2. The number of carboxylic acid groups (broad SMARTS) is 1. The van der Waals surface area contributed by atoms with Gasteiger partial charge in [-0.1, -0.05) is 29.8 Å². The summed E-state index contributed by atoms with van der Waals surface area (Å²) in [6, 6.07) is 9.29. The van der Waals surface area contributed by atoms with Gasteiger partial charge in [-0.3, -0.25) is 9.36 Å². The van der Waals surface area contributed by atoms with Crippen LogP contribution in [0.25, 0.3) is 11.1 Å². The van der Waals surface area contributed by atoms with Gasteiger partial charge in [-0.25, -0.2) is 0 Å². The Balaban J connectivity index is 2.55. The molecule has 25 heavy (non-hydrogen) atoms. The van der Waals surface area contributed by atoms with E-state index in [0.717, 1.165) is 11.1 Å². The quantitative estimate of drug-likeness (QED) is 0.493. The van der Waals surface area contributed by atoms with Crippen LogP contribution < -0.4 is 5.73 Å². The van der Waals surface area contributed by atoms with Crippen molar-refractivity contribution in [3.63, 3.8) is 0 Å². The maximum absolute atomic E-state index is 11.4. The Morgan fingerprint density at radius 2 is 1.68 bits per heavy atom. The third-order valence-electron chi connectivity index (χ3n) is 3.79. The predicted octanol–water partition coefficient (Wildman–Crippen LogP) is 2.00. The van der Waals surface area contributed by atoms with Gasteiger partial charge >= 0.3 is 13.6 Å². The van der Waals surface area contributed by atoms with Gasteiger partial charge in [0.15, 0.2) is 0 Å². The number of carboxylic acids is 1. The number of benzene rings is 2. The maximum Gasteiger partial charge on any atom is 0.330 e. The molecule has 0 amide bonds. The van der Waals surface area contributed by atoms with Crippen molar-refractivity contribution in [2.45, 2.75) is 25.5 Å². The van der Waals surface area contributed by atoms with Crippen LogP contribution in [0.5, 0.6) is 5.75 Å². The molecule has 0 aromatic heterocycles. The largest absolute Gasteiger partial charge is 0.507 e. The molecule has 0 radical (unpaired) electrons. The summed E-state index contributed by atoms with van der Waals surface area (Å²) in [4.78, 5) is 29.5. The molecule has 0 spiro atoms. The smallest absolute Gasteiger partial charge is 0.330 e. The van der Waals surface area contributed by atoms with E-state index in [4.69, 9.17) is 10.8 Å². The Kier molecular flexibility index (Phi) is 5.65. The zero-order chi connectivity index (χ0) is 18.8. The van der Waals surface area contributed by atoms with Crippen molar-refractivity contribution in [3.05, 3.63) is 53.1 Å². The first kappa shape index (κ1) is 19.1. The first-order valence-corrected chi connectivity index (χ1v) is 9.31. The zero-order valence-corrected chi connectivity index (χ0v) is 14.5. The Labute approximate surface area is 144 Å². The van der Waals surface area contributed by atoms with Crippen LogP contribution in [0, 0.1) is 6.92 Å². The minimum Gasteiger partial charge on any atom is -0.507 e. The van der Waals surface area contributed by atoms with Gasteiger partial charge in [0.25, 0.3) is 0 Å². The zero-order valence-electron chi connectivity index (χ0n) is 13.6. The van der Waals surface area contributed by atoms with E-state index in [1.54, 1.807) is 6.07 Å². The first-order chi connectivity index (χ1) is 11.6. The molecule has 0 saturated heterocycles. The van der Waals surface area contributed by atoms with E-state index in [2.05, 4.69) is 0 Å². The highest BCUT2D eigenvalue weighted by Crippen LogP contribution is 2.43. The van der Waals surface area contributed by atoms with Crippen molar-refractivity contribution in [1.82, 2.24) is 0 Å². The van der Waals surface area contributed by atoms with E-state index in [9.17, 15) is 24.3 Å². The molecule has 0 fully saturated rings. The Morgan fingerprint density at radius 1 is 1.12 bits per heavy atom. The van der Waals surface area contributed by atoms with Crippen LogP contribution in [-0.2, 0) is 21.9 Å². The summed E-state index contributed by atoms with van der Waals surface area (Å²) in [5, 5.41) is 19.3. The van der Waals surface area contributed by atoms with E-state index in [1.807, 2.05) is 31.2 Å². The SMILES string of the molecule is Cc1ccc(-c2cc(C[C@H](N)C(=O)O)c(O)c(CP(=O)(O)O)c2)cc1. The Hall–Kier alpha value is -2.18. The van der Waals surface area contributed by atoms with Gasteiger partial charge in [-0.05, 0) is 35.7 Å². The normalized spacial score (nSPS) is 12.8. The molecule has 0 aliphatic heterocycles. The summed E-state index contributed by atoms with van der Waals surface area (Å²) >= 11 is 0. The molecule has 8 heteroatoms. The average Bonchev–Trinajstić information content (AvgIpc) is 2.50. The fraction of sp³-hybridized carbons (Fsp3) is 0.235. The molecule has 0 unspecified atom stereocenters. The summed E-state index contributed by atoms with van der Waals surface area (Å²) < 4.78 is 11.4. The second kappa shape index (κ2) is 7.37. The second-order valence-corrected chi connectivity index (χ2v) is 7.63. The number of aliphatic carboxylic acids is 1. The van der Waals surface area contributed by atoms with Crippen LogP contribution in [0.15, 0.2) is 36.4 Å². The number of aromatic hydroxyl groups is 1. The van der Waals surface area contributed by atoms with Crippen LogP contribution in [0.4, 0.5) is 0 Å². The third-order valence-corrected chi connectivity index (χ3v) is 4.54. The van der Waals surface area contributed by atoms with Gasteiger partial charge in [-0.2, -0.15) is 0 Å². The summed E-state index contributed by atoms with van der Waals surface area (Å²) in [5.74, 6) is -1.56. The molecule has 1 atom stereocenters. The summed E-state index contributed by atoms with van der Waals surface area (Å²) in [7, 11) is -4.41. The molecule has 134 valence electrons. The maximum atomic E-state index is 11.4. The average molecular weight is 365 g/mol. The molecule has 6 N–H and O–H groups in total. The van der Waals surface area contributed by atoms with E-state index in [-0.39, 0.29) is 23.3 Å². The number of carbonyl (C=O) groups is 1. The lowest BCUT2D eigenvalue weighted by Crippen LogP contribution is -2.32. The van der Waals surface area contributed by atoms with Crippen molar-refractivity contribution in [2.75, 3.05) is 0 Å². The van der Waals surface area contributed by atoms with Crippen LogP contribution in [-0.4, -0.2) is 32.0 Å². The van der Waals surface area contributed by atoms with Crippen LogP contribution >= 0.6 is 7.60 Å². The summed E-state index contributed by atoms with van der Waals surface area (Å²) in [6.07, 6.45) is -0.803. The van der Waals surface area contributed by atoms with Crippen molar-refractivity contribution in [3.8, 4) is 16.9 Å². The molecule has 7 nitrogen and oxygen atoms in total. The fourth-order valence-electron chi connectivity index (χ4n) is 2.49. The van der Waals surface area contributed by atoms with E-state index >= 15 is 0 Å². The predicted molar refractivity (Wildman–Crippen MR) is 93.3 cm³/mol. The van der Waals surface area contributed by atoms with E-state index in [0.29, 0.717) is 5.56 Å². The number of phenols is 1. The Morgan fingerprint density at radius 3 is 2.20 bits per heavy atom. The van der Waals surface area contributed by atoms with Crippen molar-refractivity contribution in [1.29, 1.82) is 0 Å². The van der Waals surface area contributed by atoms with Crippen molar-refractivity contribution >= 4 is 13.6 Å². The number of hydrogen-bond donors (Lipinski definition) is 5. The highest BCUT2D eigenvalue weighted by Gasteiger charge is 2.22. The van der Waals surface area contributed by atoms with Gasteiger partial charge in [0.2, 0.25) is 0 Å². The molecule has 0 saturated carbocycles. The van der Waals surface area contributed by atoms with E-state index in [1.165, 1.54) is 6.07 Å². The fourth-order valence-corrected chi connectivity index (χ4v) is 3.18. The molecular weight excluding hydrogens is 345 g/mol. The third kappa shape index (κ3) is 5.14. The molecule has 0 heterocycles.